The average molecular weight is 1020 g/mol. The van der Waals surface area contributed by atoms with E-state index in [-0.39, 0.29) is 83.4 Å². The van der Waals surface area contributed by atoms with Crippen LogP contribution >= 0.6 is 0 Å². The molecule has 2 aliphatic heterocycles. The van der Waals surface area contributed by atoms with Crippen molar-refractivity contribution in [3.63, 3.8) is 0 Å². The van der Waals surface area contributed by atoms with Crippen LogP contribution in [0.2, 0.25) is 0 Å². The number of benzene rings is 3. The molecule has 2 fully saturated rings. The fourth-order valence-electron chi connectivity index (χ4n) is 10.5. The van der Waals surface area contributed by atoms with Gasteiger partial charge in [0.15, 0.2) is 0 Å². The first-order chi connectivity index (χ1) is 35.8. The minimum absolute atomic E-state index is 0.0153. The van der Waals surface area contributed by atoms with Gasteiger partial charge >= 0.3 is 12.2 Å². The molecule has 1 saturated heterocycles. The number of unbranched alkanes of at least 4 members (excludes halogenated alkanes) is 2. The number of fused-ring (bicyclic) bond motifs is 2. The third kappa shape index (κ3) is 14.1. The molecule has 7 rings (SSSR count). The highest BCUT2D eigenvalue weighted by Gasteiger charge is 2.65. The van der Waals surface area contributed by atoms with Crippen LogP contribution in [0, 0.1) is 17.8 Å². The topological polar surface area (TPSA) is 215 Å². The number of methoxy groups -OCH3 is 2. The van der Waals surface area contributed by atoms with Crippen molar-refractivity contribution in [1.82, 2.24) is 4.90 Å². The van der Waals surface area contributed by atoms with Crippen LogP contribution in [-0.4, -0.2) is 136 Å². The largest absolute Gasteiger partial charge is 0.497 e. The summed E-state index contributed by atoms with van der Waals surface area (Å²) < 4.78 is 55.1. The van der Waals surface area contributed by atoms with E-state index in [2.05, 4.69) is 18.0 Å². The summed E-state index contributed by atoms with van der Waals surface area (Å²) in [5.41, 5.74) is 3.49. The summed E-state index contributed by atoms with van der Waals surface area (Å²) in [6.45, 7) is 4.96. The number of rotatable bonds is 28. The summed E-state index contributed by atoms with van der Waals surface area (Å²) in [7, 11) is 3.03. The van der Waals surface area contributed by atoms with Gasteiger partial charge in [-0.2, -0.15) is 0 Å². The van der Waals surface area contributed by atoms with E-state index < -0.39 is 42.1 Å². The highest BCUT2D eigenvalue weighted by Crippen LogP contribution is 2.62. The predicted octanol–water partition coefficient (Wildman–Crippen LogP) is 8.14. The Morgan fingerprint density at radius 1 is 0.890 bits per heavy atom. The number of allylic oxidation sites excluding steroid dienone is 1. The molecule has 3 aromatic rings. The molecule has 2 amide bonds. The molecule has 18 heteroatoms. The Morgan fingerprint density at radius 3 is 2.44 bits per heavy atom. The summed E-state index contributed by atoms with van der Waals surface area (Å²) in [5.74, 6) is -1.26. The first-order valence-electron chi connectivity index (χ1n) is 25.6. The van der Waals surface area contributed by atoms with Gasteiger partial charge in [0.25, 0.3) is 0 Å². The number of anilines is 1. The zero-order chi connectivity index (χ0) is 51.4. The van der Waals surface area contributed by atoms with E-state index >= 15 is 0 Å². The van der Waals surface area contributed by atoms with Crippen LogP contribution in [0.4, 0.5) is 15.3 Å². The van der Waals surface area contributed by atoms with Crippen molar-refractivity contribution in [3.05, 3.63) is 102 Å². The van der Waals surface area contributed by atoms with Crippen LogP contribution in [-0.2, 0) is 35.1 Å². The minimum Gasteiger partial charge on any atom is -0.497 e. The number of hydrogen-bond donors (Lipinski definition) is 4. The Kier molecular flexibility index (Phi) is 21.2. The quantitative estimate of drug-likeness (QED) is 0.0307. The minimum atomic E-state index is -1.62. The van der Waals surface area contributed by atoms with Crippen LogP contribution in [0.5, 0.6) is 23.0 Å². The number of nitrogens with zero attached hydrogens (tertiary/aromatic N) is 2. The van der Waals surface area contributed by atoms with Gasteiger partial charge in [-0.3, -0.25) is 10.2 Å². The smallest absolute Gasteiger partial charge is 0.417 e. The fourth-order valence-corrected chi connectivity index (χ4v) is 10.5. The Hall–Kier alpha value is -5.73. The number of ether oxygens (including phenoxy) is 9. The van der Waals surface area contributed by atoms with Crippen molar-refractivity contribution < 1.29 is 72.4 Å². The molecule has 2 heterocycles. The second-order valence-electron chi connectivity index (χ2n) is 18.4. The molecule has 4 aliphatic rings. The van der Waals surface area contributed by atoms with Crippen LogP contribution in [0.25, 0.3) is 0 Å². The van der Waals surface area contributed by atoms with Crippen molar-refractivity contribution in [2.24, 2.45) is 22.9 Å². The first kappa shape index (κ1) is 55.0. The normalized spacial score (nSPS) is 23.5. The second kappa shape index (κ2) is 28.1. The third-order valence-corrected chi connectivity index (χ3v) is 13.8. The van der Waals surface area contributed by atoms with Crippen molar-refractivity contribution in [2.45, 2.75) is 94.9 Å². The molecule has 7 unspecified atom stereocenters. The van der Waals surface area contributed by atoms with Gasteiger partial charge in [0.05, 0.1) is 77.8 Å². The molecule has 4 N–H and O–H groups in total. The van der Waals surface area contributed by atoms with E-state index in [9.17, 15) is 24.9 Å². The van der Waals surface area contributed by atoms with Gasteiger partial charge in [0.1, 0.15) is 35.6 Å². The molecule has 73 heavy (non-hydrogen) atoms. The Labute approximate surface area is 428 Å². The maximum absolute atomic E-state index is 14.8. The van der Waals surface area contributed by atoms with Crippen molar-refractivity contribution >= 4 is 23.6 Å². The molecule has 18 nitrogen and oxygen atoms in total. The van der Waals surface area contributed by atoms with E-state index in [4.69, 9.17) is 52.6 Å². The third-order valence-electron chi connectivity index (χ3n) is 13.8. The highest BCUT2D eigenvalue weighted by molar-refractivity contribution is 6.03. The summed E-state index contributed by atoms with van der Waals surface area (Å²) >= 11 is 0. The van der Waals surface area contributed by atoms with Gasteiger partial charge in [-0.05, 0) is 91.8 Å². The zero-order valence-electron chi connectivity index (χ0n) is 42.2. The lowest BCUT2D eigenvalue weighted by Gasteiger charge is -2.59. The molecule has 1 saturated carbocycles. The highest BCUT2D eigenvalue weighted by atomic mass is 16.8. The van der Waals surface area contributed by atoms with Gasteiger partial charge < -0.3 is 62.8 Å². The molecule has 0 aromatic heterocycles. The summed E-state index contributed by atoms with van der Waals surface area (Å²) in [6, 6.07) is 19.0. The Bertz CT molecular complexity index is 2290. The average Bonchev–Trinajstić information content (AvgIpc) is 3.41. The molecule has 398 valence electrons. The Morgan fingerprint density at radius 2 is 1.70 bits per heavy atom. The van der Waals surface area contributed by atoms with Crippen LogP contribution in [0.15, 0.2) is 96.2 Å². The second-order valence-corrected chi connectivity index (χ2v) is 18.4. The lowest BCUT2D eigenvalue weighted by atomic mass is 9.55. The standard InChI is InChI=1S/C55H73N3O15/c1-4-27-70-55-49(58(23-29-66-30-26-61)54(63)69-32-31-67-37-38-14-6-5-7-15-38)36-46(57-73-50-18-10-13-28-68-50)43-33-39(16-8-11-24-59)42(17-9-12-25-60)51(52(43)55)44-34-41(20-22-47(44)72-55)71-53(62)56-45-21-19-40(64-2)35-48(45)65-3/h4-7,14-15,19-22,33-35,39,42,49-52,59-61H,1,8-13,16-18,23-32,36-37H2,2-3H3,(H,56,62). The SMILES string of the molecule is C=CCOC12Oc3ccc(OC(=O)Nc4ccc(OC)cc4OC)cc3C3C(CCCCO)C(CCCCO)C=C(C(=NOC4CCCCO4)CC1N(CCOCCO)C(=O)OCCOCc1ccccc1)C32. The maximum Gasteiger partial charge on any atom is 0.417 e. The van der Waals surface area contributed by atoms with Crippen LogP contribution < -0.4 is 24.3 Å². The number of aliphatic hydroxyl groups excluding tert-OH is 3. The molecule has 2 aliphatic carbocycles. The van der Waals surface area contributed by atoms with Gasteiger partial charge in [-0.1, -0.05) is 60.5 Å². The van der Waals surface area contributed by atoms with Gasteiger partial charge in [0.2, 0.25) is 12.1 Å². The van der Waals surface area contributed by atoms with E-state index in [1.807, 2.05) is 36.4 Å². The molecule has 7 atom stereocenters. The summed E-state index contributed by atoms with van der Waals surface area (Å²) in [4.78, 5) is 36.3. The number of hydrogen-bond acceptors (Lipinski definition) is 16. The molecule has 0 bridgehead atoms. The molecular formula is C55H73N3O15. The number of carbonyl (C=O) groups excluding carboxylic acids is 2. The van der Waals surface area contributed by atoms with E-state index in [0.29, 0.717) is 74.0 Å². The van der Waals surface area contributed by atoms with Crippen molar-refractivity contribution in [3.8, 4) is 23.0 Å². The molecule has 0 spiro atoms. The van der Waals surface area contributed by atoms with Crippen LogP contribution in [0.1, 0.15) is 81.3 Å². The van der Waals surface area contributed by atoms with Crippen LogP contribution in [0.3, 0.4) is 0 Å². The maximum atomic E-state index is 14.8. The monoisotopic (exact) mass is 1020 g/mol. The van der Waals surface area contributed by atoms with Gasteiger partial charge in [0, 0.05) is 50.1 Å². The van der Waals surface area contributed by atoms with Crippen molar-refractivity contribution in [2.75, 3.05) is 85.5 Å². The molecule has 0 radical (unpaired) electrons. The lowest BCUT2D eigenvalue weighted by Crippen LogP contribution is -2.70. The number of amides is 2. The predicted molar refractivity (Wildman–Crippen MR) is 271 cm³/mol. The molecular weight excluding hydrogens is 943 g/mol. The van der Waals surface area contributed by atoms with E-state index in [0.717, 1.165) is 42.4 Å². The van der Waals surface area contributed by atoms with E-state index in [1.54, 1.807) is 48.4 Å². The zero-order valence-corrected chi connectivity index (χ0v) is 42.2. The number of nitrogens with one attached hydrogen (secondary N) is 1. The van der Waals surface area contributed by atoms with Crippen molar-refractivity contribution in [1.29, 1.82) is 0 Å². The number of aliphatic hydroxyl groups is 3. The first-order valence-corrected chi connectivity index (χ1v) is 25.6. The van der Waals surface area contributed by atoms with Gasteiger partial charge in [-0.15, -0.1) is 6.58 Å². The summed E-state index contributed by atoms with van der Waals surface area (Å²) in [6.07, 6.45) is 8.48. The number of carbonyl (C=O) groups is 2. The molecule has 3 aromatic carbocycles. The summed E-state index contributed by atoms with van der Waals surface area (Å²) in [5, 5.41) is 37.5. The lowest BCUT2D eigenvalue weighted by molar-refractivity contribution is -0.256. The van der Waals surface area contributed by atoms with E-state index in [1.165, 1.54) is 7.11 Å². The Balaban J connectivity index is 1.34. The number of oxime groups is 1. The van der Waals surface area contributed by atoms with Gasteiger partial charge in [-0.25, -0.2) is 9.59 Å². The fraction of sp³-hybridized carbons (Fsp3) is 0.545.